The number of rotatable bonds is 7. The molecule has 1 aliphatic rings. The van der Waals surface area contributed by atoms with Crippen LogP contribution in [0.3, 0.4) is 0 Å². The number of hydrogen-bond donors (Lipinski definition) is 0. The van der Waals surface area contributed by atoms with E-state index >= 15 is 0 Å². The second-order valence-electron chi connectivity index (χ2n) is 8.77. The Hall–Kier alpha value is -4.01. The van der Waals surface area contributed by atoms with Crippen LogP contribution < -0.4 is 19.6 Å². The van der Waals surface area contributed by atoms with Gasteiger partial charge >= 0.3 is 5.97 Å². The van der Waals surface area contributed by atoms with Gasteiger partial charge in [-0.2, -0.15) is 0 Å². The quantitative estimate of drug-likeness (QED) is 0.291. The van der Waals surface area contributed by atoms with Crippen LogP contribution in [0.2, 0.25) is 5.02 Å². The van der Waals surface area contributed by atoms with E-state index in [0.717, 1.165) is 5.56 Å². The molecule has 9 heteroatoms. The van der Waals surface area contributed by atoms with Crippen molar-refractivity contribution in [3.05, 3.63) is 131 Å². The summed E-state index contributed by atoms with van der Waals surface area (Å²) in [6, 6.07) is 19.7. The second-order valence-corrected chi connectivity index (χ2v) is 10.2. The van der Waals surface area contributed by atoms with Gasteiger partial charge in [-0.15, -0.1) is 0 Å². The maximum absolute atomic E-state index is 13.8. The lowest BCUT2D eigenvalue weighted by Crippen LogP contribution is -2.39. The number of thiazole rings is 1. The fourth-order valence-electron chi connectivity index (χ4n) is 4.40. The molecule has 198 valence electrons. The highest BCUT2D eigenvalue weighted by molar-refractivity contribution is 7.07. The van der Waals surface area contributed by atoms with Gasteiger partial charge in [0.05, 0.1) is 28.5 Å². The van der Waals surface area contributed by atoms with Crippen molar-refractivity contribution >= 4 is 35.0 Å². The molecule has 0 saturated heterocycles. The fraction of sp³-hybridized carbons (Fsp3) is 0.167. The van der Waals surface area contributed by atoms with E-state index in [4.69, 9.17) is 21.1 Å². The van der Waals surface area contributed by atoms with Gasteiger partial charge in [0.15, 0.2) is 4.80 Å². The van der Waals surface area contributed by atoms with Crippen molar-refractivity contribution in [3.8, 4) is 5.75 Å². The van der Waals surface area contributed by atoms with Crippen molar-refractivity contribution in [2.24, 2.45) is 4.99 Å². The number of fused-ring (bicyclic) bond motifs is 1. The Morgan fingerprint density at radius 3 is 2.56 bits per heavy atom. The number of aromatic nitrogens is 1. The molecule has 5 rings (SSSR count). The summed E-state index contributed by atoms with van der Waals surface area (Å²) in [4.78, 5) is 31.8. The molecule has 0 unspecified atom stereocenters. The van der Waals surface area contributed by atoms with Crippen molar-refractivity contribution < 1.29 is 18.7 Å². The number of carbonyl (C=O) groups is 1. The number of nitrogens with zero attached hydrogens (tertiary/aromatic N) is 2. The van der Waals surface area contributed by atoms with Gasteiger partial charge in [0.1, 0.15) is 18.2 Å². The summed E-state index contributed by atoms with van der Waals surface area (Å²) in [5.74, 6) is -0.402. The molecule has 3 aromatic carbocycles. The van der Waals surface area contributed by atoms with E-state index in [1.54, 1.807) is 38.1 Å². The zero-order valence-electron chi connectivity index (χ0n) is 21.2. The van der Waals surface area contributed by atoms with Crippen LogP contribution in [0.4, 0.5) is 4.39 Å². The van der Waals surface area contributed by atoms with Gasteiger partial charge in [-0.25, -0.2) is 14.2 Å². The van der Waals surface area contributed by atoms with Crippen LogP contribution in [0.5, 0.6) is 5.75 Å². The molecule has 0 bridgehead atoms. The minimum atomic E-state index is -0.810. The van der Waals surface area contributed by atoms with Crippen LogP contribution >= 0.6 is 22.9 Å². The van der Waals surface area contributed by atoms with Crippen molar-refractivity contribution in [1.29, 1.82) is 0 Å². The van der Waals surface area contributed by atoms with E-state index in [1.807, 2.05) is 42.5 Å². The van der Waals surface area contributed by atoms with E-state index in [0.29, 0.717) is 36.9 Å². The summed E-state index contributed by atoms with van der Waals surface area (Å²) in [5.41, 5.74) is 2.47. The first-order chi connectivity index (χ1) is 18.9. The first kappa shape index (κ1) is 26.6. The van der Waals surface area contributed by atoms with E-state index < -0.39 is 17.8 Å². The van der Waals surface area contributed by atoms with Gasteiger partial charge in [0.2, 0.25) is 0 Å². The Labute approximate surface area is 232 Å². The predicted molar refractivity (Wildman–Crippen MR) is 149 cm³/mol. The van der Waals surface area contributed by atoms with Crippen LogP contribution in [0.1, 0.15) is 36.6 Å². The third-order valence-electron chi connectivity index (χ3n) is 6.25. The normalized spacial score (nSPS) is 15.1. The van der Waals surface area contributed by atoms with E-state index in [9.17, 15) is 14.0 Å². The molecule has 0 radical (unpaired) electrons. The zero-order chi connectivity index (χ0) is 27.5. The molecule has 0 saturated carbocycles. The molecule has 1 aromatic heterocycles. The fourth-order valence-corrected chi connectivity index (χ4v) is 5.62. The standard InChI is InChI=1S/C30H24ClFN2O4S/c1-3-37-29(36)26-18(2)33-30-34(27(26)19-12-14-22(32)15-13-19)28(35)25(39-30)16-20-8-5-7-11-24(20)38-17-21-9-4-6-10-23(21)31/h4-16,27H,3,17H2,1-2H3/b25-16+/t27-/m1/s1. The Kier molecular flexibility index (Phi) is 7.77. The monoisotopic (exact) mass is 562 g/mol. The smallest absolute Gasteiger partial charge is 0.338 e. The number of hydrogen-bond acceptors (Lipinski definition) is 6. The SMILES string of the molecule is CCOC(=O)C1=C(C)N=c2s/c(=C/c3ccccc3OCc3ccccc3Cl)c(=O)n2[C@@H]1c1ccc(F)cc1. The lowest BCUT2D eigenvalue weighted by atomic mass is 9.96. The predicted octanol–water partition coefficient (Wildman–Crippen LogP) is 5.17. The summed E-state index contributed by atoms with van der Waals surface area (Å²) in [6.07, 6.45) is 1.75. The number of ether oxygens (including phenoxy) is 2. The highest BCUT2D eigenvalue weighted by atomic mass is 35.5. The average molecular weight is 563 g/mol. The summed E-state index contributed by atoms with van der Waals surface area (Å²) >= 11 is 7.48. The summed E-state index contributed by atoms with van der Waals surface area (Å²) in [6.45, 7) is 3.85. The lowest BCUT2D eigenvalue weighted by molar-refractivity contribution is -0.139. The van der Waals surface area contributed by atoms with Gasteiger partial charge in [0.25, 0.3) is 5.56 Å². The van der Waals surface area contributed by atoms with E-state index in [1.165, 1.54) is 28.0 Å². The molecule has 0 spiro atoms. The molecular weight excluding hydrogens is 539 g/mol. The number of benzene rings is 3. The molecule has 0 fully saturated rings. The Morgan fingerprint density at radius 1 is 1.10 bits per heavy atom. The van der Waals surface area contributed by atoms with Crippen molar-refractivity contribution in [2.75, 3.05) is 6.61 Å². The van der Waals surface area contributed by atoms with Crippen LogP contribution in [0.15, 0.2) is 93.9 Å². The third kappa shape index (κ3) is 5.44. The summed E-state index contributed by atoms with van der Waals surface area (Å²) in [7, 11) is 0. The number of carbonyl (C=O) groups excluding carboxylic acids is 1. The molecule has 1 aliphatic heterocycles. The van der Waals surface area contributed by atoms with Gasteiger partial charge in [-0.1, -0.05) is 71.5 Å². The maximum Gasteiger partial charge on any atom is 0.338 e. The number of para-hydroxylation sites is 1. The molecule has 0 aliphatic carbocycles. The van der Waals surface area contributed by atoms with Crippen molar-refractivity contribution in [1.82, 2.24) is 4.57 Å². The van der Waals surface area contributed by atoms with Gasteiger partial charge in [0, 0.05) is 16.1 Å². The van der Waals surface area contributed by atoms with Crippen LogP contribution in [-0.2, 0) is 16.1 Å². The Morgan fingerprint density at radius 2 is 1.82 bits per heavy atom. The Bertz CT molecular complexity index is 1760. The highest BCUT2D eigenvalue weighted by Gasteiger charge is 2.33. The molecule has 6 nitrogen and oxygen atoms in total. The first-order valence-corrected chi connectivity index (χ1v) is 13.5. The zero-order valence-corrected chi connectivity index (χ0v) is 22.8. The molecule has 4 aromatic rings. The lowest BCUT2D eigenvalue weighted by Gasteiger charge is -2.24. The molecular formula is C30H24ClFN2O4S. The van der Waals surface area contributed by atoms with Gasteiger partial charge in [-0.05, 0) is 49.8 Å². The number of halogens is 2. The molecule has 2 heterocycles. The molecule has 39 heavy (non-hydrogen) atoms. The van der Waals surface area contributed by atoms with Crippen LogP contribution in [0.25, 0.3) is 6.08 Å². The second kappa shape index (κ2) is 11.4. The minimum absolute atomic E-state index is 0.168. The Balaban J connectivity index is 1.60. The van der Waals surface area contributed by atoms with E-state index in [2.05, 4.69) is 4.99 Å². The van der Waals surface area contributed by atoms with Gasteiger partial charge in [-0.3, -0.25) is 9.36 Å². The van der Waals surface area contributed by atoms with Crippen molar-refractivity contribution in [2.45, 2.75) is 26.5 Å². The largest absolute Gasteiger partial charge is 0.488 e. The highest BCUT2D eigenvalue weighted by Crippen LogP contribution is 2.31. The van der Waals surface area contributed by atoms with Gasteiger partial charge < -0.3 is 9.47 Å². The maximum atomic E-state index is 13.8. The van der Waals surface area contributed by atoms with E-state index in [-0.39, 0.29) is 24.3 Å². The summed E-state index contributed by atoms with van der Waals surface area (Å²) in [5, 5.41) is 0.608. The molecule has 1 atom stereocenters. The molecule has 0 N–H and O–H groups in total. The topological polar surface area (TPSA) is 69.9 Å². The first-order valence-electron chi connectivity index (χ1n) is 12.3. The van der Waals surface area contributed by atoms with Crippen LogP contribution in [0, 0.1) is 5.82 Å². The number of esters is 1. The minimum Gasteiger partial charge on any atom is -0.488 e. The van der Waals surface area contributed by atoms with Crippen molar-refractivity contribution in [3.63, 3.8) is 0 Å². The van der Waals surface area contributed by atoms with Crippen LogP contribution in [-0.4, -0.2) is 17.1 Å². The number of allylic oxidation sites excluding steroid dienone is 1. The molecule has 0 amide bonds. The average Bonchev–Trinajstić information content (AvgIpc) is 3.23. The third-order valence-corrected chi connectivity index (χ3v) is 7.60. The summed E-state index contributed by atoms with van der Waals surface area (Å²) < 4.78 is 27.0.